The quantitative estimate of drug-likeness (QED) is 0.840. The molecule has 0 bridgehead atoms. The van der Waals surface area contributed by atoms with Gasteiger partial charge in [0.15, 0.2) is 0 Å². The van der Waals surface area contributed by atoms with Gasteiger partial charge in [-0.1, -0.05) is 18.2 Å². The largest absolute Gasteiger partial charge is 0.376 e. The average Bonchev–Trinajstić information content (AvgIpc) is 2.36. The van der Waals surface area contributed by atoms with Crippen molar-refractivity contribution >= 4 is 5.69 Å². The molecule has 2 rings (SSSR count). The van der Waals surface area contributed by atoms with Crippen LogP contribution >= 0.6 is 0 Å². The Morgan fingerprint density at radius 3 is 2.32 bits per heavy atom. The van der Waals surface area contributed by atoms with Crippen molar-refractivity contribution in [3.8, 4) is 0 Å². The van der Waals surface area contributed by atoms with Gasteiger partial charge in [-0.05, 0) is 49.6 Å². The zero-order valence-electron chi connectivity index (χ0n) is 11.3. The fourth-order valence-corrected chi connectivity index (χ4v) is 1.96. The summed E-state index contributed by atoms with van der Waals surface area (Å²) in [4.78, 5) is 0. The molecular weight excluding hydrogens is 244 g/mol. The highest BCUT2D eigenvalue weighted by Gasteiger charge is 2.10. The topological polar surface area (TPSA) is 12.0 Å². The Bertz CT molecular complexity index is 593. The summed E-state index contributed by atoms with van der Waals surface area (Å²) in [5.41, 5.74) is 3.81. The lowest BCUT2D eigenvalue weighted by Gasteiger charge is -2.17. The monoisotopic (exact) mass is 261 g/mol. The average molecular weight is 261 g/mol. The third-order valence-electron chi connectivity index (χ3n) is 3.33. The summed E-state index contributed by atoms with van der Waals surface area (Å²) >= 11 is 0. The van der Waals surface area contributed by atoms with Crippen molar-refractivity contribution in [1.82, 2.24) is 0 Å². The third-order valence-corrected chi connectivity index (χ3v) is 3.33. The SMILES string of the molecule is Cc1ccc(C(C)Nc2ccc(F)cc2F)cc1C. The molecule has 0 aliphatic carbocycles. The van der Waals surface area contributed by atoms with Crippen LogP contribution in [0, 0.1) is 25.5 Å². The zero-order chi connectivity index (χ0) is 14.0. The van der Waals surface area contributed by atoms with Crippen LogP contribution < -0.4 is 5.32 Å². The van der Waals surface area contributed by atoms with Crippen molar-refractivity contribution < 1.29 is 8.78 Å². The molecule has 0 aromatic heterocycles. The maximum atomic E-state index is 13.6. The summed E-state index contributed by atoms with van der Waals surface area (Å²) in [6, 6.07) is 9.65. The third kappa shape index (κ3) is 3.11. The molecule has 2 aromatic rings. The Morgan fingerprint density at radius 2 is 1.68 bits per heavy atom. The summed E-state index contributed by atoms with van der Waals surface area (Å²) in [6.07, 6.45) is 0. The van der Waals surface area contributed by atoms with E-state index in [9.17, 15) is 8.78 Å². The van der Waals surface area contributed by atoms with E-state index in [4.69, 9.17) is 0 Å². The van der Waals surface area contributed by atoms with Crippen LogP contribution in [0.15, 0.2) is 36.4 Å². The van der Waals surface area contributed by atoms with Crippen LogP contribution in [-0.2, 0) is 0 Å². The van der Waals surface area contributed by atoms with E-state index in [1.807, 2.05) is 26.0 Å². The normalized spacial score (nSPS) is 12.3. The number of hydrogen-bond donors (Lipinski definition) is 1. The van der Waals surface area contributed by atoms with E-state index < -0.39 is 11.6 Å². The van der Waals surface area contributed by atoms with Crippen molar-refractivity contribution in [2.24, 2.45) is 0 Å². The molecule has 1 atom stereocenters. The first kappa shape index (κ1) is 13.5. The number of hydrogen-bond acceptors (Lipinski definition) is 1. The molecule has 0 amide bonds. The molecule has 100 valence electrons. The number of nitrogens with one attached hydrogen (secondary N) is 1. The van der Waals surface area contributed by atoms with Gasteiger partial charge in [-0.25, -0.2) is 8.78 Å². The molecule has 0 saturated heterocycles. The Hall–Kier alpha value is -1.90. The van der Waals surface area contributed by atoms with Gasteiger partial charge < -0.3 is 5.32 Å². The molecule has 1 nitrogen and oxygen atoms in total. The highest BCUT2D eigenvalue weighted by molar-refractivity contribution is 5.47. The van der Waals surface area contributed by atoms with Gasteiger partial charge in [-0.2, -0.15) is 0 Å². The second kappa shape index (κ2) is 5.39. The van der Waals surface area contributed by atoms with Crippen LogP contribution in [-0.4, -0.2) is 0 Å². The van der Waals surface area contributed by atoms with Crippen LogP contribution in [0.5, 0.6) is 0 Å². The van der Waals surface area contributed by atoms with Crippen LogP contribution in [0.3, 0.4) is 0 Å². The predicted molar refractivity (Wildman–Crippen MR) is 74.3 cm³/mol. The number of benzene rings is 2. The first-order valence-electron chi connectivity index (χ1n) is 6.26. The van der Waals surface area contributed by atoms with Gasteiger partial charge in [0, 0.05) is 12.1 Å². The van der Waals surface area contributed by atoms with Crippen molar-refractivity contribution in [3.05, 3.63) is 64.7 Å². The van der Waals surface area contributed by atoms with Crippen molar-refractivity contribution in [3.63, 3.8) is 0 Å². The van der Waals surface area contributed by atoms with Gasteiger partial charge in [0.2, 0.25) is 0 Å². The Morgan fingerprint density at radius 1 is 0.947 bits per heavy atom. The lowest BCUT2D eigenvalue weighted by Crippen LogP contribution is -2.08. The van der Waals surface area contributed by atoms with E-state index in [1.165, 1.54) is 23.3 Å². The van der Waals surface area contributed by atoms with E-state index in [0.717, 1.165) is 11.6 Å². The maximum Gasteiger partial charge on any atom is 0.149 e. The first-order valence-corrected chi connectivity index (χ1v) is 6.26. The summed E-state index contributed by atoms with van der Waals surface area (Å²) < 4.78 is 26.4. The summed E-state index contributed by atoms with van der Waals surface area (Å²) in [7, 11) is 0. The maximum absolute atomic E-state index is 13.6. The smallest absolute Gasteiger partial charge is 0.149 e. The van der Waals surface area contributed by atoms with Gasteiger partial charge in [0.1, 0.15) is 11.6 Å². The van der Waals surface area contributed by atoms with Crippen LogP contribution in [0.25, 0.3) is 0 Å². The second-order valence-electron chi connectivity index (χ2n) is 4.83. The Kier molecular flexibility index (Phi) is 3.84. The fraction of sp³-hybridized carbons (Fsp3) is 0.250. The van der Waals surface area contributed by atoms with Crippen LogP contribution in [0.4, 0.5) is 14.5 Å². The number of rotatable bonds is 3. The minimum Gasteiger partial charge on any atom is -0.376 e. The standard InChI is InChI=1S/C16H17F2N/c1-10-4-5-13(8-11(10)2)12(3)19-16-7-6-14(17)9-15(16)18/h4-9,12,19H,1-3H3. The molecular formula is C16H17F2N. The molecule has 19 heavy (non-hydrogen) atoms. The zero-order valence-corrected chi connectivity index (χ0v) is 11.3. The molecule has 0 spiro atoms. The number of aryl methyl sites for hydroxylation is 2. The molecule has 3 heteroatoms. The highest BCUT2D eigenvalue weighted by Crippen LogP contribution is 2.23. The lowest BCUT2D eigenvalue weighted by molar-refractivity contribution is 0.584. The van der Waals surface area contributed by atoms with E-state index in [-0.39, 0.29) is 6.04 Å². The summed E-state index contributed by atoms with van der Waals surface area (Å²) in [6.45, 7) is 6.05. The van der Waals surface area contributed by atoms with E-state index in [1.54, 1.807) is 0 Å². The molecule has 0 aliphatic rings. The number of anilines is 1. The van der Waals surface area contributed by atoms with Crippen LogP contribution in [0.1, 0.15) is 29.7 Å². The Labute approximate surface area is 112 Å². The molecule has 0 radical (unpaired) electrons. The molecule has 2 aromatic carbocycles. The van der Waals surface area contributed by atoms with E-state index in [2.05, 4.69) is 18.3 Å². The van der Waals surface area contributed by atoms with Crippen LogP contribution in [0.2, 0.25) is 0 Å². The number of halogens is 2. The first-order chi connectivity index (χ1) is 8.97. The van der Waals surface area contributed by atoms with Crippen molar-refractivity contribution in [2.75, 3.05) is 5.32 Å². The molecule has 0 saturated carbocycles. The lowest BCUT2D eigenvalue weighted by atomic mass is 10.0. The minimum absolute atomic E-state index is 0.0424. The fourth-order valence-electron chi connectivity index (χ4n) is 1.96. The molecule has 1 N–H and O–H groups in total. The second-order valence-corrected chi connectivity index (χ2v) is 4.83. The van der Waals surface area contributed by atoms with Gasteiger partial charge in [0.05, 0.1) is 5.69 Å². The highest BCUT2D eigenvalue weighted by atomic mass is 19.1. The van der Waals surface area contributed by atoms with Crippen molar-refractivity contribution in [1.29, 1.82) is 0 Å². The Balaban J connectivity index is 2.20. The van der Waals surface area contributed by atoms with Crippen molar-refractivity contribution in [2.45, 2.75) is 26.8 Å². The molecule has 1 unspecified atom stereocenters. The summed E-state index contributed by atoms with van der Waals surface area (Å²) in [5.74, 6) is -1.14. The minimum atomic E-state index is -0.573. The summed E-state index contributed by atoms with van der Waals surface area (Å²) in [5, 5.41) is 3.06. The van der Waals surface area contributed by atoms with E-state index >= 15 is 0 Å². The molecule has 0 fully saturated rings. The molecule has 0 aliphatic heterocycles. The van der Waals surface area contributed by atoms with Gasteiger partial charge in [-0.3, -0.25) is 0 Å². The van der Waals surface area contributed by atoms with Gasteiger partial charge in [-0.15, -0.1) is 0 Å². The van der Waals surface area contributed by atoms with E-state index in [0.29, 0.717) is 5.69 Å². The predicted octanol–water partition coefficient (Wildman–Crippen LogP) is 4.75. The molecule has 0 heterocycles. The van der Waals surface area contributed by atoms with Gasteiger partial charge >= 0.3 is 0 Å². The van der Waals surface area contributed by atoms with Gasteiger partial charge in [0.25, 0.3) is 0 Å².